The van der Waals surface area contributed by atoms with Crippen LogP contribution in [0.15, 0.2) is 24.3 Å². The van der Waals surface area contributed by atoms with Gasteiger partial charge in [-0.2, -0.15) is 0 Å². The molecule has 2 heterocycles. The van der Waals surface area contributed by atoms with Gasteiger partial charge in [0.25, 0.3) is 5.91 Å². The van der Waals surface area contributed by atoms with Crippen molar-refractivity contribution in [3.63, 3.8) is 0 Å². The third kappa shape index (κ3) is 4.03. The number of aromatic amines is 1. The van der Waals surface area contributed by atoms with Crippen LogP contribution in [0.1, 0.15) is 46.0 Å². The molecule has 1 amide bonds. The number of aryl methyl sites for hydroxylation is 1. The van der Waals surface area contributed by atoms with Gasteiger partial charge in [-0.05, 0) is 57.5 Å². The van der Waals surface area contributed by atoms with Crippen LogP contribution in [0.3, 0.4) is 0 Å². The summed E-state index contributed by atoms with van der Waals surface area (Å²) in [5.74, 6) is -0.800. The predicted octanol–water partition coefficient (Wildman–Crippen LogP) is 3.30. The van der Waals surface area contributed by atoms with Crippen molar-refractivity contribution in [3.8, 4) is 0 Å². The van der Waals surface area contributed by atoms with Crippen LogP contribution >= 0.6 is 0 Å². The number of carbonyl (C=O) groups excluding carboxylic acids is 2. The molecule has 1 aliphatic heterocycles. The quantitative estimate of drug-likeness (QED) is 0.818. The van der Waals surface area contributed by atoms with Crippen LogP contribution < -0.4 is 4.90 Å². The normalized spacial score (nSPS) is 14.5. The molecule has 150 valence electrons. The molecule has 1 fully saturated rings. The predicted molar refractivity (Wildman–Crippen MR) is 105 cm³/mol. The van der Waals surface area contributed by atoms with Crippen molar-refractivity contribution in [2.24, 2.45) is 0 Å². The second-order valence-electron chi connectivity index (χ2n) is 7.33. The van der Waals surface area contributed by atoms with E-state index in [2.05, 4.69) is 9.88 Å². The minimum absolute atomic E-state index is 0.122. The lowest BCUT2D eigenvalue weighted by atomic mass is 10.1. The summed E-state index contributed by atoms with van der Waals surface area (Å²) in [5.41, 5.74) is 3.06. The molecule has 0 radical (unpaired) electrons. The Morgan fingerprint density at radius 2 is 1.68 bits per heavy atom. The van der Waals surface area contributed by atoms with Crippen LogP contribution in [0, 0.1) is 19.7 Å². The standard InChI is InChI=1S/C21H26FN3O3/c1-13(2)28-21(27)18-14(3)19(23-15(18)4)20(26)25-11-9-24(10-12-25)17-7-5-16(22)6-8-17/h5-8,13,23H,9-12H2,1-4H3. The highest BCUT2D eigenvalue weighted by atomic mass is 19.1. The number of hydrogen-bond donors (Lipinski definition) is 1. The van der Waals surface area contributed by atoms with Gasteiger partial charge in [0.2, 0.25) is 0 Å². The van der Waals surface area contributed by atoms with Gasteiger partial charge in [-0.15, -0.1) is 0 Å². The smallest absolute Gasteiger partial charge is 0.340 e. The van der Waals surface area contributed by atoms with E-state index < -0.39 is 5.97 Å². The zero-order valence-electron chi connectivity index (χ0n) is 16.7. The maximum atomic E-state index is 13.1. The minimum atomic E-state index is -0.415. The zero-order chi connectivity index (χ0) is 20.4. The number of esters is 1. The molecular formula is C21H26FN3O3. The van der Waals surface area contributed by atoms with E-state index in [1.807, 2.05) is 0 Å². The van der Waals surface area contributed by atoms with Gasteiger partial charge in [-0.25, -0.2) is 9.18 Å². The molecule has 6 nitrogen and oxygen atoms in total. The van der Waals surface area contributed by atoms with Crippen molar-refractivity contribution < 1.29 is 18.7 Å². The molecule has 1 aromatic heterocycles. The molecule has 1 aromatic carbocycles. The molecule has 7 heteroatoms. The van der Waals surface area contributed by atoms with Crippen molar-refractivity contribution in [2.75, 3.05) is 31.1 Å². The number of nitrogens with one attached hydrogen (secondary N) is 1. The Balaban J connectivity index is 1.70. The van der Waals surface area contributed by atoms with Crippen LogP contribution in [-0.2, 0) is 4.74 Å². The van der Waals surface area contributed by atoms with Crippen LogP contribution in [0.25, 0.3) is 0 Å². The topological polar surface area (TPSA) is 65.6 Å². The Morgan fingerprint density at radius 1 is 1.07 bits per heavy atom. The molecular weight excluding hydrogens is 361 g/mol. The maximum Gasteiger partial charge on any atom is 0.340 e. The van der Waals surface area contributed by atoms with Crippen LogP contribution in [0.5, 0.6) is 0 Å². The Morgan fingerprint density at radius 3 is 2.25 bits per heavy atom. The fourth-order valence-corrected chi connectivity index (χ4v) is 3.52. The lowest BCUT2D eigenvalue weighted by Gasteiger charge is -2.36. The summed E-state index contributed by atoms with van der Waals surface area (Å²) in [6.07, 6.45) is -0.222. The minimum Gasteiger partial charge on any atom is -0.459 e. The van der Waals surface area contributed by atoms with Crippen molar-refractivity contribution in [1.82, 2.24) is 9.88 Å². The SMILES string of the molecule is Cc1[nH]c(C(=O)N2CCN(c3ccc(F)cc3)CC2)c(C)c1C(=O)OC(C)C. The van der Waals surface area contributed by atoms with Crippen LogP contribution in [-0.4, -0.2) is 54.0 Å². The molecule has 1 N–H and O–H groups in total. The summed E-state index contributed by atoms with van der Waals surface area (Å²) < 4.78 is 18.4. The largest absolute Gasteiger partial charge is 0.459 e. The van der Waals surface area contributed by atoms with Crippen LogP contribution in [0.2, 0.25) is 0 Å². The summed E-state index contributed by atoms with van der Waals surface area (Å²) in [5, 5.41) is 0. The van der Waals surface area contributed by atoms with Gasteiger partial charge in [0, 0.05) is 37.6 Å². The van der Waals surface area contributed by atoms with E-state index in [0.717, 1.165) is 5.69 Å². The van der Waals surface area contributed by atoms with Gasteiger partial charge in [0.1, 0.15) is 11.5 Å². The van der Waals surface area contributed by atoms with Gasteiger partial charge < -0.3 is 19.5 Å². The zero-order valence-corrected chi connectivity index (χ0v) is 16.7. The molecule has 28 heavy (non-hydrogen) atoms. The number of aromatic nitrogens is 1. The number of rotatable bonds is 4. The number of nitrogens with zero attached hydrogens (tertiary/aromatic N) is 2. The highest BCUT2D eigenvalue weighted by Crippen LogP contribution is 2.23. The summed E-state index contributed by atoms with van der Waals surface area (Å²) in [7, 11) is 0. The Labute approximate surface area is 164 Å². The first-order valence-electron chi connectivity index (χ1n) is 9.48. The Hall–Kier alpha value is -2.83. The van der Waals surface area contributed by atoms with Gasteiger partial charge in [0.15, 0.2) is 0 Å². The van der Waals surface area contributed by atoms with E-state index in [0.29, 0.717) is 48.7 Å². The second kappa shape index (κ2) is 8.04. The van der Waals surface area contributed by atoms with E-state index in [1.54, 1.807) is 44.7 Å². The van der Waals surface area contributed by atoms with Crippen molar-refractivity contribution in [2.45, 2.75) is 33.8 Å². The first-order chi connectivity index (χ1) is 13.3. The lowest BCUT2D eigenvalue weighted by Crippen LogP contribution is -2.49. The highest BCUT2D eigenvalue weighted by Gasteiger charge is 2.28. The molecule has 1 saturated heterocycles. The summed E-state index contributed by atoms with van der Waals surface area (Å²) >= 11 is 0. The number of ether oxygens (including phenoxy) is 1. The number of H-pyrrole nitrogens is 1. The fourth-order valence-electron chi connectivity index (χ4n) is 3.52. The number of piperazine rings is 1. The van der Waals surface area contributed by atoms with Gasteiger partial charge in [0.05, 0.1) is 11.7 Å². The van der Waals surface area contributed by atoms with Crippen LogP contribution in [0.4, 0.5) is 10.1 Å². The molecule has 3 rings (SSSR count). The van der Waals surface area contributed by atoms with Gasteiger partial charge in [-0.3, -0.25) is 4.79 Å². The summed E-state index contributed by atoms with van der Waals surface area (Å²) in [6, 6.07) is 6.38. The van der Waals surface area contributed by atoms with Crippen molar-refractivity contribution >= 4 is 17.6 Å². The van der Waals surface area contributed by atoms with Gasteiger partial charge >= 0.3 is 5.97 Å². The van der Waals surface area contributed by atoms with E-state index >= 15 is 0 Å². The number of amides is 1. The third-order valence-electron chi connectivity index (χ3n) is 4.96. The highest BCUT2D eigenvalue weighted by molar-refractivity contribution is 6.00. The number of halogens is 1. The molecule has 0 saturated carbocycles. The molecule has 0 spiro atoms. The summed E-state index contributed by atoms with van der Waals surface area (Å²) in [4.78, 5) is 32.3. The average molecular weight is 387 g/mol. The van der Waals surface area contributed by atoms with E-state index in [-0.39, 0.29) is 17.8 Å². The second-order valence-corrected chi connectivity index (χ2v) is 7.33. The molecule has 1 aliphatic rings. The van der Waals surface area contributed by atoms with E-state index in [4.69, 9.17) is 4.74 Å². The first kappa shape index (κ1) is 19.9. The molecule has 0 unspecified atom stereocenters. The van der Waals surface area contributed by atoms with Crippen molar-refractivity contribution in [3.05, 3.63) is 52.6 Å². The molecule has 2 aromatic rings. The first-order valence-corrected chi connectivity index (χ1v) is 9.48. The average Bonchev–Trinajstić information content (AvgIpc) is 2.95. The Kier molecular flexibility index (Phi) is 5.72. The monoisotopic (exact) mass is 387 g/mol. The van der Waals surface area contributed by atoms with E-state index in [1.165, 1.54) is 12.1 Å². The number of carbonyl (C=O) groups is 2. The molecule has 0 bridgehead atoms. The number of anilines is 1. The molecule has 0 aliphatic carbocycles. The number of benzene rings is 1. The maximum absolute atomic E-state index is 13.1. The summed E-state index contributed by atoms with van der Waals surface area (Å²) in [6.45, 7) is 9.56. The van der Waals surface area contributed by atoms with Crippen molar-refractivity contribution in [1.29, 1.82) is 0 Å². The fraction of sp³-hybridized carbons (Fsp3) is 0.429. The molecule has 0 atom stereocenters. The lowest BCUT2D eigenvalue weighted by molar-refractivity contribution is 0.0376. The number of hydrogen-bond acceptors (Lipinski definition) is 4. The Bertz CT molecular complexity index is 866. The van der Waals surface area contributed by atoms with Gasteiger partial charge in [-0.1, -0.05) is 0 Å². The third-order valence-corrected chi connectivity index (χ3v) is 4.96. The van der Waals surface area contributed by atoms with E-state index in [9.17, 15) is 14.0 Å².